The summed E-state index contributed by atoms with van der Waals surface area (Å²) in [7, 11) is 1.69. The van der Waals surface area contributed by atoms with E-state index in [4.69, 9.17) is 9.72 Å². The molecule has 1 unspecified atom stereocenters. The average molecular weight is 318 g/mol. The molecule has 1 aliphatic rings. The molecule has 5 heteroatoms. The van der Waals surface area contributed by atoms with E-state index in [0.717, 1.165) is 34.9 Å². The Morgan fingerprint density at radius 3 is 2.88 bits per heavy atom. The first kappa shape index (κ1) is 14.5. The quantitative estimate of drug-likeness (QED) is 0.797. The maximum absolute atomic E-state index is 5.26. The van der Waals surface area contributed by atoms with Crippen molar-refractivity contribution in [3.05, 3.63) is 72.9 Å². The molecule has 0 saturated carbocycles. The number of aromatic nitrogens is 3. The highest BCUT2D eigenvalue weighted by atomic mass is 16.5. The number of fused-ring (bicyclic) bond motifs is 1. The molecule has 5 nitrogen and oxygen atoms in total. The van der Waals surface area contributed by atoms with Gasteiger partial charge < -0.3 is 10.1 Å². The van der Waals surface area contributed by atoms with Crippen molar-refractivity contribution < 1.29 is 4.74 Å². The topological polar surface area (TPSA) is 51.5 Å². The minimum absolute atomic E-state index is 0.194. The molecule has 1 atom stereocenters. The number of hydrogen-bond acceptors (Lipinski definition) is 4. The van der Waals surface area contributed by atoms with Gasteiger partial charge in [0.25, 0.3) is 0 Å². The molecule has 1 N–H and O–H groups in total. The molecule has 0 saturated heterocycles. The maximum Gasteiger partial charge on any atom is 0.157 e. The van der Waals surface area contributed by atoms with Crippen molar-refractivity contribution in [3.8, 4) is 11.3 Å². The lowest BCUT2D eigenvalue weighted by Crippen LogP contribution is -2.19. The Bertz CT molecular complexity index is 912. The molecule has 1 aliphatic carbocycles. The first-order chi connectivity index (χ1) is 11.8. The van der Waals surface area contributed by atoms with E-state index in [1.807, 2.05) is 34.9 Å². The molecule has 1 aromatic carbocycles. The predicted octanol–water partition coefficient (Wildman–Crippen LogP) is 3.67. The summed E-state index contributed by atoms with van der Waals surface area (Å²) in [6, 6.07) is 10.4. The van der Waals surface area contributed by atoms with Gasteiger partial charge in [-0.15, -0.1) is 0 Å². The van der Waals surface area contributed by atoms with E-state index in [0.29, 0.717) is 0 Å². The summed E-state index contributed by atoms with van der Waals surface area (Å²) in [5.74, 6) is 1.88. The summed E-state index contributed by atoms with van der Waals surface area (Å²) < 4.78 is 7.30. The van der Waals surface area contributed by atoms with Crippen LogP contribution in [-0.2, 0) is 4.74 Å². The first-order valence-electron chi connectivity index (χ1n) is 7.91. The van der Waals surface area contributed by atoms with E-state index in [1.165, 1.54) is 0 Å². The van der Waals surface area contributed by atoms with E-state index in [1.54, 1.807) is 19.5 Å². The van der Waals surface area contributed by atoms with Crippen LogP contribution in [-0.4, -0.2) is 27.5 Å². The number of hydrogen-bond donors (Lipinski definition) is 1. The largest absolute Gasteiger partial charge is 0.497 e. The third-order valence-electron chi connectivity index (χ3n) is 4.10. The van der Waals surface area contributed by atoms with Crippen LogP contribution in [0.4, 0.5) is 5.82 Å². The van der Waals surface area contributed by atoms with E-state index in [-0.39, 0.29) is 6.04 Å². The van der Waals surface area contributed by atoms with Crippen LogP contribution in [0.3, 0.4) is 0 Å². The van der Waals surface area contributed by atoms with Crippen LogP contribution < -0.4 is 5.32 Å². The molecule has 0 aliphatic heterocycles. The molecule has 0 spiro atoms. The van der Waals surface area contributed by atoms with Crippen molar-refractivity contribution in [2.24, 2.45) is 0 Å². The lowest BCUT2D eigenvalue weighted by Gasteiger charge is -2.19. The molecule has 0 bridgehead atoms. The molecule has 120 valence electrons. The Balaban J connectivity index is 1.74. The van der Waals surface area contributed by atoms with Crippen molar-refractivity contribution in [3.63, 3.8) is 0 Å². The standard InChI is InChI=1S/C19H18N4O/c1-24-16-9-7-15(8-10-16)21-19-18(14-5-3-2-4-6-14)22-17-13-20-11-12-23(17)19/h2-7,9-13,15,21H,8H2,1H3. The number of allylic oxidation sites excluding steroid dienone is 1. The average Bonchev–Trinajstić information content (AvgIpc) is 3.02. The number of imidazole rings is 1. The molecule has 24 heavy (non-hydrogen) atoms. The van der Waals surface area contributed by atoms with Gasteiger partial charge in [0.2, 0.25) is 0 Å². The van der Waals surface area contributed by atoms with E-state index >= 15 is 0 Å². The van der Waals surface area contributed by atoms with Gasteiger partial charge in [0, 0.05) is 24.0 Å². The number of methoxy groups -OCH3 is 1. The maximum atomic E-state index is 5.26. The molecule has 0 amide bonds. The van der Waals surface area contributed by atoms with Gasteiger partial charge >= 0.3 is 0 Å². The summed E-state index contributed by atoms with van der Waals surface area (Å²) in [6.07, 6.45) is 12.5. The number of ether oxygens (including phenoxy) is 1. The van der Waals surface area contributed by atoms with Crippen LogP contribution in [0, 0.1) is 0 Å². The third-order valence-corrected chi connectivity index (χ3v) is 4.10. The predicted molar refractivity (Wildman–Crippen MR) is 94.7 cm³/mol. The lowest BCUT2D eigenvalue weighted by atomic mass is 10.1. The number of nitrogens with zero attached hydrogens (tertiary/aromatic N) is 3. The van der Waals surface area contributed by atoms with Crippen LogP contribution >= 0.6 is 0 Å². The van der Waals surface area contributed by atoms with Crippen LogP contribution in [0.1, 0.15) is 6.42 Å². The number of benzene rings is 1. The zero-order chi connectivity index (χ0) is 16.4. The zero-order valence-electron chi connectivity index (χ0n) is 13.4. The zero-order valence-corrected chi connectivity index (χ0v) is 13.4. The second-order valence-corrected chi connectivity index (χ2v) is 5.64. The monoisotopic (exact) mass is 318 g/mol. The summed E-state index contributed by atoms with van der Waals surface area (Å²) in [5.41, 5.74) is 2.84. The summed E-state index contributed by atoms with van der Waals surface area (Å²) in [6.45, 7) is 0. The highest BCUT2D eigenvalue weighted by Crippen LogP contribution is 2.29. The lowest BCUT2D eigenvalue weighted by molar-refractivity contribution is 0.303. The summed E-state index contributed by atoms with van der Waals surface area (Å²) in [5, 5.41) is 3.60. The van der Waals surface area contributed by atoms with Crippen molar-refractivity contribution in [2.45, 2.75) is 12.5 Å². The highest BCUT2D eigenvalue weighted by Gasteiger charge is 2.17. The van der Waals surface area contributed by atoms with E-state index in [9.17, 15) is 0 Å². The smallest absolute Gasteiger partial charge is 0.157 e. The van der Waals surface area contributed by atoms with Crippen LogP contribution in [0.5, 0.6) is 0 Å². The Hall–Kier alpha value is -3.08. The molecule has 2 heterocycles. The molecule has 4 rings (SSSR count). The Morgan fingerprint density at radius 1 is 1.25 bits per heavy atom. The van der Waals surface area contributed by atoms with Crippen LogP contribution in [0.2, 0.25) is 0 Å². The fourth-order valence-corrected chi connectivity index (χ4v) is 2.88. The van der Waals surface area contributed by atoms with Gasteiger partial charge in [-0.2, -0.15) is 0 Å². The van der Waals surface area contributed by atoms with Gasteiger partial charge in [-0.3, -0.25) is 9.38 Å². The molecular formula is C19H18N4O. The fourth-order valence-electron chi connectivity index (χ4n) is 2.88. The van der Waals surface area contributed by atoms with Crippen molar-refractivity contribution >= 4 is 11.5 Å². The molecule has 0 radical (unpaired) electrons. The van der Waals surface area contributed by atoms with Gasteiger partial charge in [0.1, 0.15) is 17.3 Å². The Labute approximate surface area is 140 Å². The second kappa shape index (κ2) is 6.20. The minimum Gasteiger partial charge on any atom is -0.497 e. The number of nitrogens with one attached hydrogen (secondary N) is 1. The second-order valence-electron chi connectivity index (χ2n) is 5.64. The Morgan fingerprint density at radius 2 is 2.12 bits per heavy atom. The Kier molecular flexibility index (Phi) is 3.75. The third kappa shape index (κ3) is 2.65. The molecular weight excluding hydrogens is 300 g/mol. The fraction of sp³-hybridized carbons (Fsp3) is 0.158. The van der Waals surface area contributed by atoms with Crippen LogP contribution in [0.15, 0.2) is 72.9 Å². The molecule has 0 fully saturated rings. The molecule has 3 aromatic rings. The number of anilines is 1. The van der Waals surface area contributed by atoms with Crippen molar-refractivity contribution in [2.75, 3.05) is 12.4 Å². The summed E-state index contributed by atoms with van der Waals surface area (Å²) >= 11 is 0. The number of rotatable bonds is 4. The first-order valence-corrected chi connectivity index (χ1v) is 7.91. The van der Waals surface area contributed by atoms with Crippen molar-refractivity contribution in [1.29, 1.82) is 0 Å². The van der Waals surface area contributed by atoms with E-state index < -0.39 is 0 Å². The minimum atomic E-state index is 0.194. The van der Waals surface area contributed by atoms with Gasteiger partial charge in [0.05, 0.1) is 13.3 Å². The van der Waals surface area contributed by atoms with Crippen LogP contribution in [0.25, 0.3) is 16.9 Å². The normalized spacial score (nSPS) is 16.9. The van der Waals surface area contributed by atoms with E-state index in [2.05, 4.69) is 34.6 Å². The molecule has 2 aromatic heterocycles. The van der Waals surface area contributed by atoms with Gasteiger partial charge in [0.15, 0.2) is 5.65 Å². The van der Waals surface area contributed by atoms with Gasteiger partial charge in [-0.1, -0.05) is 36.4 Å². The highest BCUT2D eigenvalue weighted by molar-refractivity contribution is 5.76. The SMILES string of the molecule is COC1=CCC(Nc2c(-c3ccccc3)nc3cnccn23)C=C1. The van der Waals surface area contributed by atoms with Gasteiger partial charge in [-0.25, -0.2) is 4.98 Å². The van der Waals surface area contributed by atoms with Crippen molar-refractivity contribution in [1.82, 2.24) is 14.4 Å². The van der Waals surface area contributed by atoms with Gasteiger partial charge in [-0.05, 0) is 18.6 Å². The summed E-state index contributed by atoms with van der Waals surface area (Å²) in [4.78, 5) is 8.93.